The molecule has 0 amide bonds. The first-order chi connectivity index (χ1) is 7.75. The number of thiophene rings is 1. The van der Waals surface area contributed by atoms with Crippen LogP contribution in [-0.4, -0.2) is 5.54 Å². The topological polar surface area (TPSA) is 26.0 Å². The van der Waals surface area contributed by atoms with E-state index in [1.807, 2.05) is 0 Å². The van der Waals surface area contributed by atoms with E-state index in [1.165, 1.54) is 28.8 Å². The zero-order valence-corrected chi connectivity index (χ0v) is 9.96. The van der Waals surface area contributed by atoms with E-state index in [0.717, 1.165) is 6.42 Å². The maximum atomic E-state index is 6.15. The molecule has 2 heteroatoms. The van der Waals surface area contributed by atoms with Gasteiger partial charge >= 0.3 is 0 Å². The molecule has 1 aliphatic rings. The number of hydrogen-bond acceptors (Lipinski definition) is 2. The minimum Gasteiger partial charge on any atom is -0.325 e. The Kier molecular flexibility index (Phi) is 2.34. The molecular formula is C14H15NS. The molecule has 0 atom stereocenters. The van der Waals surface area contributed by atoms with Crippen LogP contribution < -0.4 is 5.73 Å². The maximum Gasteiger partial charge on any atom is 0.0342 e. The summed E-state index contributed by atoms with van der Waals surface area (Å²) >= 11 is 1.79. The van der Waals surface area contributed by atoms with Gasteiger partial charge in [-0.1, -0.05) is 30.3 Å². The quantitative estimate of drug-likeness (QED) is 0.857. The number of hydrogen-bond donors (Lipinski definition) is 1. The van der Waals surface area contributed by atoms with Crippen LogP contribution in [0.15, 0.2) is 41.8 Å². The summed E-state index contributed by atoms with van der Waals surface area (Å²) in [5, 5.41) is 2.12. The van der Waals surface area contributed by atoms with Crippen LogP contribution in [0.3, 0.4) is 0 Å². The van der Waals surface area contributed by atoms with E-state index in [4.69, 9.17) is 5.73 Å². The fourth-order valence-corrected chi connectivity index (χ4v) is 2.75. The summed E-state index contributed by atoms with van der Waals surface area (Å²) in [6, 6.07) is 13.0. The van der Waals surface area contributed by atoms with Gasteiger partial charge in [0.05, 0.1) is 0 Å². The molecule has 0 aliphatic heterocycles. The van der Waals surface area contributed by atoms with Crippen molar-refractivity contribution in [3.63, 3.8) is 0 Å². The van der Waals surface area contributed by atoms with E-state index in [1.54, 1.807) is 11.3 Å². The van der Waals surface area contributed by atoms with Crippen LogP contribution in [0.4, 0.5) is 0 Å². The van der Waals surface area contributed by atoms with Crippen LogP contribution in [0.5, 0.6) is 0 Å². The molecule has 0 spiro atoms. The van der Waals surface area contributed by atoms with Crippen molar-refractivity contribution < 1.29 is 0 Å². The van der Waals surface area contributed by atoms with Crippen LogP contribution in [0.25, 0.3) is 10.4 Å². The molecule has 1 saturated carbocycles. The molecule has 0 bridgehead atoms. The lowest BCUT2D eigenvalue weighted by atomic mass is 10.0. The van der Waals surface area contributed by atoms with Gasteiger partial charge in [-0.2, -0.15) is 0 Å². The minimum atomic E-state index is 0.105. The van der Waals surface area contributed by atoms with Crippen LogP contribution in [0, 0.1) is 0 Å². The summed E-state index contributed by atoms with van der Waals surface area (Å²) in [6.45, 7) is 0. The average molecular weight is 229 g/mol. The first kappa shape index (κ1) is 10.1. The molecule has 2 N–H and O–H groups in total. The third kappa shape index (κ3) is 2.04. The summed E-state index contributed by atoms with van der Waals surface area (Å²) in [7, 11) is 0. The van der Waals surface area contributed by atoms with Crippen molar-refractivity contribution in [1.29, 1.82) is 0 Å². The molecule has 1 heterocycles. The van der Waals surface area contributed by atoms with Gasteiger partial charge in [0.15, 0.2) is 0 Å². The zero-order valence-electron chi connectivity index (χ0n) is 9.15. The highest BCUT2D eigenvalue weighted by Crippen LogP contribution is 2.36. The van der Waals surface area contributed by atoms with Gasteiger partial charge in [-0.25, -0.2) is 0 Å². The predicted octanol–water partition coefficient (Wildman–Crippen LogP) is 3.45. The van der Waals surface area contributed by atoms with E-state index in [9.17, 15) is 0 Å². The van der Waals surface area contributed by atoms with Crippen LogP contribution in [0.2, 0.25) is 0 Å². The minimum absolute atomic E-state index is 0.105. The van der Waals surface area contributed by atoms with Gasteiger partial charge in [-0.3, -0.25) is 0 Å². The normalized spacial score (nSPS) is 17.3. The summed E-state index contributed by atoms with van der Waals surface area (Å²) in [5.74, 6) is 0. The Morgan fingerprint density at radius 1 is 1.19 bits per heavy atom. The van der Waals surface area contributed by atoms with Gasteiger partial charge in [0.25, 0.3) is 0 Å². The highest BCUT2D eigenvalue weighted by molar-refractivity contribution is 7.13. The highest BCUT2D eigenvalue weighted by Gasteiger charge is 2.37. The molecule has 0 saturated heterocycles. The monoisotopic (exact) mass is 229 g/mol. The molecule has 1 fully saturated rings. The van der Waals surface area contributed by atoms with E-state index < -0.39 is 0 Å². The molecule has 0 radical (unpaired) electrons. The number of rotatable bonds is 3. The molecule has 1 aliphatic carbocycles. The van der Waals surface area contributed by atoms with Crippen molar-refractivity contribution in [2.24, 2.45) is 5.73 Å². The summed E-state index contributed by atoms with van der Waals surface area (Å²) in [6.07, 6.45) is 3.37. The van der Waals surface area contributed by atoms with Crippen LogP contribution >= 0.6 is 11.3 Å². The third-order valence-electron chi connectivity index (χ3n) is 3.18. The van der Waals surface area contributed by atoms with Gasteiger partial charge < -0.3 is 5.73 Å². The summed E-state index contributed by atoms with van der Waals surface area (Å²) in [5.41, 5.74) is 8.94. The Hall–Kier alpha value is -1.12. The van der Waals surface area contributed by atoms with Crippen molar-refractivity contribution in [3.05, 3.63) is 47.3 Å². The van der Waals surface area contributed by atoms with Crippen molar-refractivity contribution in [1.82, 2.24) is 0 Å². The standard InChI is InChI=1S/C14H15NS/c15-14(6-7-14)10-11-3-1-4-12(9-11)13-5-2-8-16-13/h1-5,8-9H,6-7,10,15H2. The second-order valence-corrected chi connectivity index (χ2v) is 5.66. The second kappa shape index (κ2) is 3.72. The number of nitrogens with two attached hydrogens (primary N) is 1. The van der Waals surface area contributed by atoms with Gasteiger partial charge in [0.1, 0.15) is 0 Å². The second-order valence-electron chi connectivity index (χ2n) is 4.72. The molecule has 82 valence electrons. The largest absolute Gasteiger partial charge is 0.325 e. The smallest absolute Gasteiger partial charge is 0.0342 e. The van der Waals surface area contributed by atoms with Crippen molar-refractivity contribution >= 4 is 11.3 Å². The van der Waals surface area contributed by atoms with Gasteiger partial charge in [0.2, 0.25) is 0 Å². The van der Waals surface area contributed by atoms with Gasteiger partial charge in [-0.05, 0) is 41.8 Å². The first-order valence-electron chi connectivity index (χ1n) is 5.67. The molecule has 3 rings (SSSR count). The zero-order chi connectivity index (χ0) is 11.0. The number of benzene rings is 1. The fraction of sp³-hybridized carbons (Fsp3) is 0.286. The first-order valence-corrected chi connectivity index (χ1v) is 6.55. The molecule has 1 aromatic heterocycles. The lowest BCUT2D eigenvalue weighted by Gasteiger charge is -2.09. The van der Waals surface area contributed by atoms with Crippen molar-refractivity contribution in [3.8, 4) is 10.4 Å². The van der Waals surface area contributed by atoms with Gasteiger partial charge in [-0.15, -0.1) is 11.3 Å². The van der Waals surface area contributed by atoms with E-state index >= 15 is 0 Å². The molecule has 0 unspecified atom stereocenters. The SMILES string of the molecule is NC1(Cc2cccc(-c3cccs3)c2)CC1. The highest BCUT2D eigenvalue weighted by atomic mass is 32.1. The van der Waals surface area contributed by atoms with Crippen molar-refractivity contribution in [2.75, 3.05) is 0 Å². The Morgan fingerprint density at radius 2 is 2.06 bits per heavy atom. The Balaban J connectivity index is 1.88. The lowest BCUT2D eigenvalue weighted by molar-refractivity contribution is 0.672. The Labute approximate surface area is 99.9 Å². The third-order valence-corrected chi connectivity index (χ3v) is 4.10. The molecule has 1 nitrogen and oxygen atoms in total. The Morgan fingerprint density at radius 3 is 2.75 bits per heavy atom. The molecular weight excluding hydrogens is 214 g/mol. The summed E-state index contributed by atoms with van der Waals surface area (Å²) < 4.78 is 0. The van der Waals surface area contributed by atoms with Crippen LogP contribution in [0.1, 0.15) is 18.4 Å². The van der Waals surface area contributed by atoms with Crippen molar-refractivity contribution in [2.45, 2.75) is 24.8 Å². The molecule has 1 aromatic carbocycles. The maximum absolute atomic E-state index is 6.15. The van der Waals surface area contributed by atoms with Gasteiger partial charge in [0, 0.05) is 10.4 Å². The lowest BCUT2D eigenvalue weighted by Crippen LogP contribution is -2.24. The molecule has 16 heavy (non-hydrogen) atoms. The van der Waals surface area contributed by atoms with E-state index in [0.29, 0.717) is 0 Å². The Bertz CT molecular complexity index is 483. The summed E-state index contributed by atoms with van der Waals surface area (Å²) in [4.78, 5) is 1.34. The van der Waals surface area contributed by atoms with Crippen LogP contribution in [-0.2, 0) is 6.42 Å². The fourth-order valence-electron chi connectivity index (χ4n) is 2.02. The average Bonchev–Trinajstić information content (AvgIpc) is 2.84. The molecule has 2 aromatic rings. The predicted molar refractivity (Wildman–Crippen MR) is 69.6 cm³/mol. The van der Waals surface area contributed by atoms with E-state index in [-0.39, 0.29) is 5.54 Å². The van der Waals surface area contributed by atoms with E-state index in [2.05, 4.69) is 41.8 Å².